The van der Waals surface area contributed by atoms with Crippen LogP contribution in [0.5, 0.6) is 0 Å². The molecular formula is C19H16N6O3. The number of nitrogens with one attached hydrogen (secondary N) is 2. The largest absolute Gasteiger partial charge is 0.395 e. The summed E-state index contributed by atoms with van der Waals surface area (Å²) in [5, 5.41) is 20.3. The molecule has 0 fully saturated rings. The summed E-state index contributed by atoms with van der Waals surface area (Å²) in [4.78, 5) is 31.1. The van der Waals surface area contributed by atoms with Crippen molar-refractivity contribution in [3.05, 3.63) is 70.8 Å². The summed E-state index contributed by atoms with van der Waals surface area (Å²) in [6.45, 7) is 0.0817. The lowest BCUT2D eigenvalue weighted by molar-refractivity contribution is 0.0945. The highest BCUT2D eigenvalue weighted by Crippen LogP contribution is 2.18. The van der Waals surface area contributed by atoms with Crippen LogP contribution >= 0.6 is 0 Å². The number of aromatic nitrogens is 5. The number of H-pyrrole nitrogens is 1. The van der Waals surface area contributed by atoms with E-state index < -0.39 is 0 Å². The summed E-state index contributed by atoms with van der Waals surface area (Å²) in [5.74, 6) is -0.267. The van der Waals surface area contributed by atoms with Gasteiger partial charge in [-0.15, -0.1) is 5.10 Å². The number of hydrogen-bond donors (Lipinski definition) is 3. The second-order valence-corrected chi connectivity index (χ2v) is 6.03. The van der Waals surface area contributed by atoms with Gasteiger partial charge in [-0.05, 0) is 42.5 Å². The molecule has 140 valence electrons. The average Bonchev–Trinajstić information content (AvgIpc) is 3.21. The fourth-order valence-corrected chi connectivity index (χ4v) is 2.78. The van der Waals surface area contributed by atoms with Gasteiger partial charge in [0.2, 0.25) is 0 Å². The maximum absolute atomic E-state index is 12.4. The summed E-state index contributed by atoms with van der Waals surface area (Å²) < 4.78 is 1.53. The number of benzene rings is 1. The van der Waals surface area contributed by atoms with E-state index in [1.807, 2.05) is 6.07 Å². The Morgan fingerprint density at radius 3 is 2.82 bits per heavy atom. The standard InChI is InChI=1S/C19H16N6O3/c26-9-8-21-18(27)12-3-5-14(6-4-12)25-11-16(23-24-25)15-10-13-2-1-7-20-17(13)22-19(15)28/h1-7,10-11,26H,8-9H2,(H,21,27)(H,20,22,28). The van der Waals surface area contributed by atoms with Crippen molar-refractivity contribution >= 4 is 16.9 Å². The van der Waals surface area contributed by atoms with E-state index in [4.69, 9.17) is 5.11 Å². The fourth-order valence-electron chi connectivity index (χ4n) is 2.78. The van der Waals surface area contributed by atoms with Gasteiger partial charge in [-0.3, -0.25) is 9.59 Å². The van der Waals surface area contributed by atoms with Crippen LogP contribution < -0.4 is 10.9 Å². The first kappa shape index (κ1) is 17.6. The predicted octanol–water partition coefficient (Wildman–Crippen LogP) is 0.893. The number of fused-ring (bicyclic) bond motifs is 1. The predicted molar refractivity (Wildman–Crippen MR) is 102 cm³/mol. The second-order valence-electron chi connectivity index (χ2n) is 6.03. The zero-order chi connectivity index (χ0) is 19.5. The Morgan fingerprint density at radius 2 is 2.04 bits per heavy atom. The molecule has 0 saturated heterocycles. The van der Waals surface area contributed by atoms with E-state index in [0.29, 0.717) is 28.2 Å². The Morgan fingerprint density at radius 1 is 1.21 bits per heavy atom. The van der Waals surface area contributed by atoms with Crippen LogP contribution in [0.1, 0.15) is 10.4 Å². The summed E-state index contributed by atoms with van der Waals surface area (Å²) in [6.07, 6.45) is 3.26. The molecule has 0 saturated carbocycles. The van der Waals surface area contributed by atoms with Gasteiger partial charge in [0.15, 0.2) is 0 Å². The molecule has 3 N–H and O–H groups in total. The molecule has 0 radical (unpaired) electrons. The molecule has 3 aromatic heterocycles. The fraction of sp³-hybridized carbons (Fsp3) is 0.105. The first-order valence-corrected chi connectivity index (χ1v) is 8.56. The SMILES string of the molecule is O=C(NCCO)c1ccc(-n2cc(-c3cc4cccnc4[nH]c3=O)nn2)cc1. The Hall–Kier alpha value is -3.85. The maximum Gasteiger partial charge on any atom is 0.259 e. The third-order valence-electron chi connectivity index (χ3n) is 4.18. The Labute approximate surface area is 158 Å². The number of rotatable bonds is 5. The van der Waals surface area contributed by atoms with Crippen molar-refractivity contribution in [2.75, 3.05) is 13.2 Å². The van der Waals surface area contributed by atoms with Gasteiger partial charge in [-0.2, -0.15) is 0 Å². The van der Waals surface area contributed by atoms with Crippen LogP contribution in [0, 0.1) is 0 Å². The molecule has 1 aromatic carbocycles. The Kier molecular flexibility index (Phi) is 4.65. The number of aliphatic hydroxyl groups excluding tert-OH is 1. The van der Waals surface area contributed by atoms with Crippen molar-refractivity contribution in [3.63, 3.8) is 0 Å². The molecule has 28 heavy (non-hydrogen) atoms. The Bertz CT molecular complexity index is 1200. The van der Waals surface area contributed by atoms with Crippen molar-refractivity contribution in [3.8, 4) is 16.9 Å². The first-order valence-electron chi connectivity index (χ1n) is 8.56. The molecule has 9 heteroatoms. The van der Waals surface area contributed by atoms with Gasteiger partial charge in [0.05, 0.1) is 24.1 Å². The molecule has 0 bridgehead atoms. The molecule has 4 rings (SSSR count). The highest BCUT2D eigenvalue weighted by molar-refractivity contribution is 5.94. The smallest absolute Gasteiger partial charge is 0.259 e. The van der Waals surface area contributed by atoms with Crippen LogP contribution in [0.3, 0.4) is 0 Å². The molecule has 3 heterocycles. The topological polar surface area (TPSA) is 126 Å². The van der Waals surface area contributed by atoms with Crippen LogP contribution in [0.4, 0.5) is 0 Å². The maximum atomic E-state index is 12.4. The van der Waals surface area contributed by atoms with Crippen molar-refractivity contribution in [2.24, 2.45) is 0 Å². The number of hydrogen-bond acceptors (Lipinski definition) is 6. The molecule has 9 nitrogen and oxygen atoms in total. The number of amides is 1. The van der Waals surface area contributed by atoms with Gasteiger partial charge in [0.1, 0.15) is 11.3 Å². The summed E-state index contributed by atoms with van der Waals surface area (Å²) in [6, 6.07) is 12.1. The highest BCUT2D eigenvalue weighted by Gasteiger charge is 2.12. The number of aliphatic hydroxyl groups is 1. The summed E-state index contributed by atoms with van der Waals surface area (Å²) in [5.41, 5.74) is 2.20. The highest BCUT2D eigenvalue weighted by atomic mass is 16.3. The quantitative estimate of drug-likeness (QED) is 0.475. The van der Waals surface area contributed by atoms with Gasteiger partial charge in [0, 0.05) is 23.7 Å². The van der Waals surface area contributed by atoms with Crippen LogP contribution in [-0.4, -0.2) is 49.1 Å². The van der Waals surface area contributed by atoms with Crippen molar-refractivity contribution in [2.45, 2.75) is 0 Å². The Balaban J connectivity index is 1.62. The third-order valence-corrected chi connectivity index (χ3v) is 4.18. The molecule has 0 unspecified atom stereocenters. The van der Waals surface area contributed by atoms with E-state index in [9.17, 15) is 9.59 Å². The van der Waals surface area contributed by atoms with Crippen molar-refractivity contribution in [1.29, 1.82) is 0 Å². The first-order chi connectivity index (χ1) is 13.7. The van der Waals surface area contributed by atoms with Crippen LogP contribution in [-0.2, 0) is 0 Å². The lowest BCUT2D eigenvalue weighted by Gasteiger charge is -2.04. The average molecular weight is 376 g/mol. The van der Waals surface area contributed by atoms with E-state index in [2.05, 4.69) is 25.6 Å². The summed E-state index contributed by atoms with van der Waals surface area (Å²) >= 11 is 0. The van der Waals surface area contributed by atoms with E-state index in [0.717, 1.165) is 5.39 Å². The van der Waals surface area contributed by atoms with E-state index >= 15 is 0 Å². The van der Waals surface area contributed by atoms with E-state index in [1.54, 1.807) is 48.8 Å². The van der Waals surface area contributed by atoms with Crippen molar-refractivity contribution in [1.82, 2.24) is 30.3 Å². The van der Waals surface area contributed by atoms with E-state index in [-0.39, 0.29) is 24.6 Å². The van der Waals surface area contributed by atoms with Gasteiger partial charge >= 0.3 is 0 Å². The molecular weight excluding hydrogens is 360 g/mol. The van der Waals surface area contributed by atoms with Crippen LogP contribution in [0.25, 0.3) is 28.0 Å². The third kappa shape index (κ3) is 3.38. The molecule has 4 aromatic rings. The van der Waals surface area contributed by atoms with Crippen LogP contribution in [0.15, 0.2) is 59.7 Å². The lowest BCUT2D eigenvalue weighted by Crippen LogP contribution is -2.26. The molecule has 0 atom stereocenters. The zero-order valence-electron chi connectivity index (χ0n) is 14.7. The van der Waals surface area contributed by atoms with Crippen LogP contribution in [0.2, 0.25) is 0 Å². The van der Waals surface area contributed by atoms with Gasteiger partial charge in [-0.1, -0.05) is 5.21 Å². The molecule has 0 aliphatic rings. The van der Waals surface area contributed by atoms with Crippen molar-refractivity contribution < 1.29 is 9.90 Å². The van der Waals surface area contributed by atoms with Gasteiger partial charge in [0.25, 0.3) is 11.5 Å². The monoisotopic (exact) mass is 376 g/mol. The normalized spacial score (nSPS) is 10.9. The molecule has 0 aliphatic heterocycles. The minimum atomic E-state index is -0.297. The number of carbonyl (C=O) groups is 1. The number of pyridine rings is 2. The zero-order valence-corrected chi connectivity index (χ0v) is 14.7. The number of nitrogens with zero attached hydrogens (tertiary/aromatic N) is 4. The summed E-state index contributed by atoms with van der Waals surface area (Å²) in [7, 11) is 0. The number of carbonyl (C=O) groups excluding carboxylic acids is 1. The van der Waals surface area contributed by atoms with Gasteiger partial charge < -0.3 is 15.4 Å². The minimum absolute atomic E-state index is 0.116. The second kappa shape index (κ2) is 7.41. The molecule has 0 spiro atoms. The van der Waals surface area contributed by atoms with Gasteiger partial charge in [-0.25, -0.2) is 9.67 Å². The van der Waals surface area contributed by atoms with E-state index in [1.165, 1.54) is 4.68 Å². The number of aromatic amines is 1. The lowest BCUT2D eigenvalue weighted by atomic mass is 10.1. The minimum Gasteiger partial charge on any atom is -0.395 e. The molecule has 1 amide bonds. The molecule has 0 aliphatic carbocycles.